The first kappa shape index (κ1) is 24.8. The fourth-order valence-electron chi connectivity index (χ4n) is 2.52. The molecule has 0 bridgehead atoms. The number of carbonyl (C=O) groups is 2. The zero-order valence-corrected chi connectivity index (χ0v) is 19.5. The van der Waals surface area contributed by atoms with Gasteiger partial charge in [0.25, 0.3) is 0 Å². The van der Waals surface area contributed by atoms with Crippen LogP contribution in [0.4, 0.5) is 21.0 Å². The average molecular weight is 445 g/mol. The molecular formula is C24H32N2O6. The predicted molar refractivity (Wildman–Crippen MR) is 124 cm³/mol. The van der Waals surface area contributed by atoms with E-state index in [-0.39, 0.29) is 13.2 Å². The molecule has 0 saturated carbocycles. The van der Waals surface area contributed by atoms with E-state index in [0.717, 1.165) is 0 Å². The molecule has 0 aliphatic carbocycles. The van der Waals surface area contributed by atoms with Gasteiger partial charge in [0.15, 0.2) is 0 Å². The summed E-state index contributed by atoms with van der Waals surface area (Å²) in [7, 11) is 0. The minimum Gasteiger partial charge on any atom is -0.488 e. The number of hydrogen-bond acceptors (Lipinski definition) is 6. The van der Waals surface area contributed by atoms with Crippen LogP contribution in [0.3, 0.4) is 0 Å². The molecule has 0 fully saturated rings. The van der Waals surface area contributed by atoms with Gasteiger partial charge in [-0.3, -0.25) is 10.6 Å². The van der Waals surface area contributed by atoms with E-state index >= 15 is 0 Å². The van der Waals surface area contributed by atoms with Crippen LogP contribution >= 0.6 is 0 Å². The average Bonchev–Trinajstić information content (AvgIpc) is 2.64. The maximum Gasteiger partial charge on any atom is 0.412 e. The first-order valence-electron chi connectivity index (χ1n) is 10.4. The van der Waals surface area contributed by atoms with Gasteiger partial charge in [0, 0.05) is 0 Å². The maximum absolute atomic E-state index is 12.0. The van der Waals surface area contributed by atoms with E-state index in [9.17, 15) is 9.59 Å². The van der Waals surface area contributed by atoms with E-state index in [4.69, 9.17) is 18.9 Å². The number of anilines is 2. The lowest BCUT2D eigenvalue weighted by Gasteiger charge is -2.21. The van der Waals surface area contributed by atoms with E-state index in [1.54, 1.807) is 90.1 Å². The number of para-hydroxylation sites is 4. The highest BCUT2D eigenvalue weighted by Gasteiger charge is 2.18. The fourth-order valence-corrected chi connectivity index (χ4v) is 2.52. The van der Waals surface area contributed by atoms with E-state index in [1.807, 2.05) is 0 Å². The molecule has 0 aliphatic rings. The Hall–Kier alpha value is -3.42. The quantitative estimate of drug-likeness (QED) is 0.521. The summed E-state index contributed by atoms with van der Waals surface area (Å²) in [5.74, 6) is 0.976. The molecule has 174 valence electrons. The van der Waals surface area contributed by atoms with Gasteiger partial charge >= 0.3 is 12.2 Å². The second kappa shape index (κ2) is 10.7. The molecule has 8 nitrogen and oxygen atoms in total. The highest BCUT2D eigenvalue weighted by atomic mass is 16.6. The van der Waals surface area contributed by atoms with Crippen LogP contribution in [0.15, 0.2) is 48.5 Å². The minimum atomic E-state index is -0.603. The molecule has 2 aromatic carbocycles. The lowest BCUT2D eigenvalue weighted by Crippen LogP contribution is -2.27. The Morgan fingerprint density at radius 3 is 1.34 bits per heavy atom. The second-order valence-corrected chi connectivity index (χ2v) is 8.94. The van der Waals surface area contributed by atoms with Crippen molar-refractivity contribution >= 4 is 23.6 Å². The highest BCUT2D eigenvalue weighted by Crippen LogP contribution is 2.26. The second-order valence-electron chi connectivity index (χ2n) is 8.94. The predicted octanol–water partition coefficient (Wildman–Crippen LogP) is 5.84. The Labute approximate surface area is 189 Å². The van der Waals surface area contributed by atoms with Crippen molar-refractivity contribution in [2.45, 2.75) is 52.7 Å². The van der Waals surface area contributed by atoms with Gasteiger partial charge in [-0.2, -0.15) is 0 Å². The summed E-state index contributed by atoms with van der Waals surface area (Å²) in [4.78, 5) is 24.1. The summed E-state index contributed by atoms with van der Waals surface area (Å²) in [5.41, 5.74) is -0.217. The third-order valence-electron chi connectivity index (χ3n) is 3.64. The first-order valence-corrected chi connectivity index (χ1v) is 10.4. The monoisotopic (exact) mass is 444 g/mol. The summed E-state index contributed by atoms with van der Waals surface area (Å²) < 4.78 is 22.1. The van der Waals surface area contributed by atoms with Crippen molar-refractivity contribution in [2.75, 3.05) is 23.8 Å². The van der Waals surface area contributed by atoms with Gasteiger partial charge in [0.2, 0.25) is 0 Å². The van der Waals surface area contributed by atoms with Gasteiger partial charge < -0.3 is 18.9 Å². The normalized spacial score (nSPS) is 11.3. The molecule has 8 heteroatoms. The summed E-state index contributed by atoms with van der Waals surface area (Å²) in [5, 5.41) is 5.37. The molecule has 0 radical (unpaired) electrons. The Kier molecular flexibility index (Phi) is 8.34. The van der Waals surface area contributed by atoms with E-state index in [1.165, 1.54) is 0 Å². The van der Waals surface area contributed by atoms with Crippen LogP contribution in [0, 0.1) is 0 Å². The van der Waals surface area contributed by atoms with Crippen molar-refractivity contribution in [1.82, 2.24) is 0 Å². The molecular weight excluding hydrogens is 412 g/mol. The van der Waals surface area contributed by atoms with Crippen LogP contribution in [0.25, 0.3) is 0 Å². The van der Waals surface area contributed by atoms with E-state index < -0.39 is 23.4 Å². The zero-order chi connectivity index (χ0) is 23.8. The minimum absolute atomic E-state index is 0.216. The Morgan fingerprint density at radius 2 is 1.00 bits per heavy atom. The zero-order valence-electron chi connectivity index (χ0n) is 19.5. The molecule has 0 heterocycles. The van der Waals surface area contributed by atoms with Crippen molar-refractivity contribution in [3.63, 3.8) is 0 Å². The third kappa shape index (κ3) is 9.16. The Balaban J connectivity index is 1.91. The topological polar surface area (TPSA) is 95.1 Å². The number of ether oxygens (including phenoxy) is 4. The molecule has 32 heavy (non-hydrogen) atoms. The number of rotatable bonds is 7. The number of carbonyl (C=O) groups excluding carboxylic acids is 2. The Bertz CT molecular complexity index is 840. The highest BCUT2D eigenvalue weighted by molar-refractivity contribution is 5.87. The van der Waals surface area contributed by atoms with Crippen molar-refractivity contribution in [1.29, 1.82) is 0 Å². The summed E-state index contributed by atoms with van der Waals surface area (Å²) in [6.07, 6.45) is -1.13. The first-order chi connectivity index (χ1) is 14.9. The SMILES string of the molecule is CC(C)(C)OC(=O)Nc1ccccc1OCCOc1ccccc1NC(=O)OC(C)(C)C. The number of nitrogens with one attached hydrogen (secondary N) is 2. The van der Waals surface area contributed by atoms with Crippen LogP contribution < -0.4 is 20.1 Å². The van der Waals surface area contributed by atoms with Crippen molar-refractivity contribution in [3.05, 3.63) is 48.5 Å². The van der Waals surface area contributed by atoms with Crippen molar-refractivity contribution in [3.8, 4) is 11.5 Å². The van der Waals surface area contributed by atoms with Gasteiger partial charge in [-0.1, -0.05) is 24.3 Å². The molecule has 2 rings (SSSR count). The van der Waals surface area contributed by atoms with Gasteiger partial charge in [0.05, 0.1) is 11.4 Å². The van der Waals surface area contributed by atoms with E-state index in [2.05, 4.69) is 10.6 Å². The molecule has 0 unspecified atom stereocenters. The lowest BCUT2D eigenvalue weighted by molar-refractivity contribution is 0.0623. The van der Waals surface area contributed by atoms with Gasteiger partial charge in [-0.05, 0) is 65.8 Å². The molecule has 2 N–H and O–H groups in total. The Morgan fingerprint density at radius 1 is 0.656 bits per heavy atom. The van der Waals surface area contributed by atoms with Crippen LogP contribution in [0.5, 0.6) is 11.5 Å². The molecule has 0 aliphatic heterocycles. The van der Waals surface area contributed by atoms with Crippen molar-refractivity contribution in [2.24, 2.45) is 0 Å². The fraction of sp³-hybridized carbons (Fsp3) is 0.417. The molecule has 0 saturated heterocycles. The van der Waals surface area contributed by atoms with E-state index in [0.29, 0.717) is 22.9 Å². The smallest absolute Gasteiger partial charge is 0.412 e. The standard InChI is InChI=1S/C24H32N2O6/c1-23(2,3)31-21(27)25-17-11-7-9-13-19(17)29-15-16-30-20-14-10-8-12-18(20)26-22(28)32-24(4,5)6/h7-14H,15-16H2,1-6H3,(H,25,27)(H,26,28). The number of benzene rings is 2. The van der Waals surface area contributed by atoms with Crippen LogP contribution in [-0.2, 0) is 9.47 Å². The maximum atomic E-state index is 12.0. The van der Waals surface area contributed by atoms with Crippen LogP contribution in [0.2, 0.25) is 0 Å². The summed E-state index contributed by atoms with van der Waals surface area (Å²) >= 11 is 0. The number of amides is 2. The van der Waals surface area contributed by atoms with Gasteiger partial charge in [-0.15, -0.1) is 0 Å². The lowest BCUT2D eigenvalue weighted by atomic mass is 10.2. The third-order valence-corrected chi connectivity index (χ3v) is 3.64. The van der Waals surface area contributed by atoms with Gasteiger partial charge in [0.1, 0.15) is 35.9 Å². The van der Waals surface area contributed by atoms with Crippen molar-refractivity contribution < 1.29 is 28.5 Å². The molecule has 2 aromatic rings. The van der Waals surface area contributed by atoms with Crippen LogP contribution in [0.1, 0.15) is 41.5 Å². The summed E-state index contributed by atoms with van der Waals surface area (Å²) in [6, 6.07) is 14.1. The molecule has 0 atom stereocenters. The molecule has 0 spiro atoms. The van der Waals surface area contributed by atoms with Crippen LogP contribution in [-0.4, -0.2) is 36.6 Å². The molecule has 2 amide bonds. The summed E-state index contributed by atoms with van der Waals surface area (Å²) in [6.45, 7) is 11.2. The largest absolute Gasteiger partial charge is 0.488 e. The van der Waals surface area contributed by atoms with Gasteiger partial charge in [-0.25, -0.2) is 9.59 Å². The molecule has 0 aromatic heterocycles. The number of hydrogen-bond donors (Lipinski definition) is 2.